The fourth-order valence-corrected chi connectivity index (χ4v) is 4.67. The van der Waals surface area contributed by atoms with Gasteiger partial charge in [-0.3, -0.25) is 9.89 Å². The Morgan fingerprint density at radius 2 is 1.84 bits per heavy atom. The first-order chi connectivity index (χ1) is 11.6. The smallest absolute Gasteiger partial charge is 0.244 e. The highest BCUT2D eigenvalue weighted by Gasteiger charge is 2.33. The number of piperazine rings is 1. The van der Waals surface area contributed by atoms with Crippen LogP contribution in [0.4, 0.5) is 0 Å². The minimum absolute atomic E-state index is 0.132. The van der Waals surface area contributed by atoms with Crippen LogP contribution in [0.2, 0.25) is 0 Å². The Hall–Kier alpha value is -1.45. The van der Waals surface area contributed by atoms with Crippen LogP contribution in [0.5, 0.6) is 0 Å². The molecule has 2 heterocycles. The van der Waals surface area contributed by atoms with Crippen LogP contribution in [0, 0.1) is 19.8 Å². The summed E-state index contributed by atoms with van der Waals surface area (Å²) in [6.07, 6.45) is 0.459. The van der Waals surface area contributed by atoms with Crippen LogP contribution in [0.15, 0.2) is 4.90 Å². The Morgan fingerprint density at radius 3 is 2.32 bits per heavy atom. The number of aryl methyl sites for hydroxylation is 2. The second-order valence-corrected chi connectivity index (χ2v) is 8.85. The standard InChI is InChI=1S/C16H29N5O3S/c1-11(2)10-14(16(22)21-8-6-20(5)7-9-21)19-25(23,24)15-12(3)17-18-13(15)4/h11,14,19H,6-10H2,1-5H3,(H,17,18)/t14-/m1/s1. The van der Waals surface area contributed by atoms with E-state index in [1.807, 2.05) is 20.9 Å². The first-order valence-corrected chi connectivity index (χ1v) is 10.1. The Kier molecular flexibility index (Phi) is 6.23. The number of carbonyl (C=O) groups is 1. The first-order valence-electron chi connectivity index (χ1n) is 8.63. The molecule has 1 aromatic heterocycles. The molecular formula is C16H29N5O3S. The van der Waals surface area contributed by atoms with E-state index < -0.39 is 16.1 Å². The third-order valence-electron chi connectivity index (χ3n) is 4.45. The molecule has 0 unspecified atom stereocenters. The molecule has 2 N–H and O–H groups in total. The molecule has 1 fully saturated rings. The molecule has 25 heavy (non-hydrogen) atoms. The van der Waals surface area contributed by atoms with Crippen molar-refractivity contribution in [3.05, 3.63) is 11.4 Å². The van der Waals surface area contributed by atoms with E-state index in [2.05, 4.69) is 19.8 Å². The molecule has 142 valence electrons. The van der Waals surface area contributed by atoms with Gasteiger partial charge < -0.3 is 9.80 Å². The number of nitrogens with one attached hydrogen (secondary N) is 2. The number of likely N-dealkylation sites (N-methyl/N-ethyl adjacent to an activating group) is 1. The number of H-pyrrole nitrogens is 1. The zero-order valence-electron chi connectivity index (χ0n) is 15.7. The third-order valence-corrected chi connectivity index (χ3v) is 6.18. The number of nitrogens with zero attached hydrogens (tertiary/aromatic N) is 3. The number of amides is 1. The number of hydrogen-bond donors (Lipinski definition) is 2. The van der Waals surface area contributed by atoms with E-state index in [0.717, 1.165) is 13.1 Å². The van der Waals surface area contributed by atoms with Crippen molar-refractivity contribution in [3.8, 4) is 0 Å². The Labute approximate surface area is 150 Å². The Bertz CT molecular complexity index is 686. The van der Waals surface area contributed by atoms with Crippen LogP contribution in [0.3, 0.4) is 0 Å². The molecule has 1 atom stereocenters. The van der Waals surface area contributed by atoms with E-state index in [4.69, 9.17) is 0 Å². The highest BCUT2D eigenvalue weighted by atomic mass is 32.2. The van der Waals surface area contributed by atoms with Crippen molar-refractivity contribution in [2.24, 2.45) is 5.92 Å². The van der Waals surface area contributed by atoms with Crippen LogP contribution in [0.25, 0.3) is 0 Å². The number of sulfonamides is 1. The van der Waals surface area contributed by atoms with Crippen molar-refractivity contribution in [3.63, 3.8) is 0 Å². The summed E-state index contributed by atoms with van der Waals surface area (Å²) in [4.78, 5) is 17.0. The summed E-state index contributed by atoms with van der Waals surface area (Å²) in [7, 11) is -1.80. The molecule has 0 bridgehead atoms. The van der Waals surface area contributed by atoms with E-state index in [9.17, 15) is 13.2 Å². The third kappa shape index (κ3) is 4.80. The molecule has 1 aliphatic heterocycles. The predicted molar refractivity (Wildman–Crippen MR) is 95.7 cm³/mol. The monoisotopic (exact) mass is 371 g/mol. The number of hydrogen-bond acceptors (Lipinski definition) is 5. The molecule has 8 nitrogen and oxygen atoms in total. The Morgan fingerprint density at radius 1 is 1.24 bits per heavy atom. The second-order valence-electron chi connectivity index (χ2n) is 7.20. The SMILES string of the molecule is Cc1n[nH]c(C)c1S(=O)(=O)N[C@H](CC(C)C)C(=O)N1CCN(C)CC1. The van der Waals surface area contributed by atoms with Gasteiger partial charge in [0.25, 0.3) is 0 Å². The fraction of sp³-hybridized carbons (Fsp3) is 0.750. The highest BCUT2D eigenvalue weighted by molar-refractivity contribution is 7.89. The summed E-state index contributed by atoms with van der Waals surface area (Å²) < 4.78 is 28.3. The minimum Gasteiger partial charge on any atom is -0.339 e. The van der Waals surface area contributed by atoms with Gasteiger partial charge in [-0.2, -0.15) is 9.82 Å². The molecule has 9 heteroatoms. The van der Waals surface area contributed by atoms with Gasteiger partial charge in [-0.05, 0) is 33.2 Å². The summed E-state index contributed by atoms with van der Waals surface area (Å²) in [6, 6.07) is -0.762. The number of carbonyl (C=O) groups excluding carboxylic acids is 1. The molecule has 0 saturated carbocycles. The van der Waals surface area contributed by atoms with Crippen molar-refractivity contribution in [1.82, 2.24) is 24.7 Å². The number of rotatable bonds is 6. The van der Waals surface area contributed by atoms with Crippen molar-refractivity contribution < 1.29 is 13.2 Å². The zero-order valence-corrected chi connectivity index (χ0v) is 16.5. The average Bonchev–Trinajstić information content (AvgIpc) is 2.85. The molecule has 1 saturated heterocycles. The summed E-state index contributed by atoms with van der Waals surface area (Å²) in [5.41, 5.74) is 0.876. The first kappa shape index (κ1) is 19.9. The zero-order chi connectivity index (χ0) is 18.8. The van der Waals surface area contributed by atoms with Crippen LogP contribution in [-0.4, -0.2) is 73.6 Å². The maximum atomic E-state index is 12.9. The summed E-state index contributed by atoms with van der Waals surface area (Å²) >= 11 is 0. The minimum atomic E-state index is -3.82. The van der Waals surface area contributed by atoms with Crippen LogP contribution in [0.1, 0.15) is 31.7 Å². The van der Waals surface area contributed by atoms with E-state index in [0.29, 0.717) is 30.9 Å². The molecule has 1 aliphatic rings. The molecular weight excluding hydrogens is 342 g/mol. The van der Waals surface area contributed by atoms with Crippen molar-refractivity contribution in [2.75, 3.05) is 33.2 Å². The van der Waals surface area contributed by atoms with Gasteiger partial charge in [-0.1, -0.05) is 13.8 Å². The molecule has 0 aromatic carbocycles. The largest absolute Gasteiger partial charge is 0.339 e. The maximum Gasteiger partial charge on any atom is 0.244 e. The fourth-order valence-electron chi connectivity index (χ4n) is 3.10. The van der Waals surface area contributed by atoms with Crippen molar-refractivity contribution >= 4 is 15.9 Å². The highest BCUT2D eigenvalue weighted by Crippen LogP contribution is 2.19. The second kappa shape index (κ2) is 7.84. The average molecular weight is 372 g/mol. The number of aromatic nitrogens is 2. The maximum absolute atomic E-state index is 12.9. The van der Waals surface area contributed by atoms with E-state index in [-0.39, 0.29) is 16.7 Å². The summed E-state index contributed by atoms with van der Waals surface area (Å²) in [6.45, 7) is 10.1. The topological polar surface area (TPSA) is 98.4 Å². The van der Waals surface area contributed by atoms with Gasteiger partial charge in [-0.15, -0.1) is 0 Å². The van der Waals surface area contributed by atoms with Gasteiger partial charge in [0, 0.05) is 26.2 Å². The number of aromatic amines is 1. The van der Waals surface area contributed by atoms with E-state index in [1.165, 1.54) is 0 Å². The normalized spacial score (nSPS) is 17.9. The van der Waals surface area contributed by atoms with Gasteiger partial charge in [0.15, 0.2) is 0 Å². The van der Waals surface area contributed by atoms with Gasteiger partial charge in [0.2, 0.25) is 15.9 Å². The molecule has 0 radical (unpaired) electrons. The van der Waals surface area contributed by atoms with E-state index in [1.54, 1.807) is 18.7 Å². The van der Waals surface area contributed by atoms with Crippen LogP contribution < -0.4 is 4.72 Å². The lowest BCUT2D eigenvalue weighted by Gasteiger charge is -2.35. The molecule has 0 aliphatic carbocycles. The van der Waals surface area contributed by atoms with Gasteiger partial charge in [0.05, 0.1) is 11.4 Å². The quantitative estimate of drug-likeness (QED) is 0.758. The Balaban J connectivity index is 2.21. The van der Waals surface area contributed by atoms with Gasteiger partial charge >= 0.3 is 0 Å². The molecule has 1 aromatic rings. The predicted octanol–water partition coefficient (Wildman–Crippen LogP) is 0.494. The van der Waals surface area contributed by atoms with Gasteiger partial charge in [-0.25, -0.2) is 8.42 Å². The lowest BCUT2D eigenvalue weighted by atomic mass is 10.0. The van der Waals surface area contributed by atoms with Crippen molar-refractivity contribution in [2.45, 2.75) is 45.1 Å². The van der Waals surface area contributed by atoms with Gasteiger partial charge in [0.1, 0.15) is 10.9 Å². The van der Waals surface area contributed by atoms with Crippen molar-refractivity contribution in [1.29, 1.82) is 0 Å². The molecule has 0 spiro atoms. The lowest BCUT2D eigenvalue weighted by Crippen LogP contribution is -2.54. The molecule has 1 amide bonds. The van der Waals surface area contributed by atoms with Crippen LogP contribution >= 0.6 is 0 Å². The summed E-state index contributed by atoms with van der Waals surface area (Å²) in [5.74, 6) is 0.0415. The molecule has 2 rings (SSSR count). The van der Waals surface area contributed by atoms with Crippen LogP contribution in [-0.2, 0) is 14.8 Å². The lowest BCUT2D eigenvalue weighted by molar-refractivity contribution is -0.135. The summed E-state index contributed by atoms with van der Waals surface area (Å²) in [5, 5.41) is 6.63. The van der Waals surface area contributed by atoms with E-state index >= 15 is 0 Å².